The van der Waals surface area contributed by atoms with Gasteiger partial charge >= 0.3 is 0 Å². The van der Waals surface area contributed by atoms with Gasteiger partial charge in [-0.15, -0.1) is 0 Å². The molecule has 0 amide bonds. The van der Waals surface area contributed by atoms with Crippen molar-refractivity contribution in [3.8, 4) is 11.5 Å². The standard InChI is InChI=1S/C15H14ClFO3/c1-19-11-5-9(6-12(8-11)20-2)15(18)13-4-3-10(16)7-14(13)17/h3-8,15,18H,1-2H3. The van der Waals surface area contributed by atoms with Crippen molar-refractivity contribution in [3.05, 3.63) is 58.4 Å². The van der Waals surface area contributed by atoms with Gasteiger partial charge in [-0.1, -0.05) is 17.7 Å². The Hall–Kier alpha value is -1.78. The zero-order valence-electron chi connectivity index (χ0n) is 11.1. The first-order valence-corrected chi connectivity index (χ1v) is 6.29. The molecule has 20 heavy (non-hydrogen) atoms. The van der Waals surface area contributed by atoms with Gasteiger partial charge in [0.1, 0.15) is 23.4 Å². The fourth-order valence-electron chi connectivity index (χ4n) is 1.89. The van der Waals surface area contributed by atoms with Crippen LogP contribution < -0.4 is 9.47 Å². The molecule has 0 heterocycles. The van der Waals surface area contributed by atoms with Crippen LogP contribution in [0, 0.1) is 5.82 Å². The number of halogens is 2. The van der Waals surface area contributed by atoms with E-state index >= 15 is 0 Å². The second-order valence-corrected chi connectivity index (χ2v) is 4.65. The molecule has 0 bridgehead atoms. The summed E-state index contributed by atoms with van der Waals surface area (Å²) in [4.78, 5) is 0. The first kappa shape index (κ1) is 14.6. The van der Waals surface area contributed by atoms with Crippen LogP contribution in [0.25, 0.3) is 0 Å². The molecule has 2 aromatic carbocycles. The van der Waals surface area contributed by atoms with Crippen molar-refractivity contribution >= 4 is 11.6 Å². The van der Waals surface area contributed by atoms with Crippen molar-refractivity contribution in [2.45, 2.75) is 6.10 Å². The smallest absolute Gasteiger partial charge is 0.130 e. The molecule has 0 spiro atoms. The SMILES string of the molecule is COc1cc(OC)cc(C(O)c2ccc(Cl)cc2F)c1. The molecule has 0 aliphatic heterocycles. The third kappa shape index (κ3) is 3.03. The van der Waals surface area contributed by atoms with Crippen LogP contribution in [0.5, 0.6) is 11.5 Å². The van der Waals surface area contributed by atoms with Gasteiger partial charge in [0.2, 0.25) is 0 Å². The molecule has 5 heteroatoms. The van der Waals surface area contributed by atoms with E-state index in [2.05, 4.69) is 0 Å². The quantitative estimate of drug-likeness (QED) is 0.937. The second kappa shape index (κ2) is 6.11. The molecular formula is C15H14ClFO3. The van der Waals surface area contributed by atoms with Crippen LogP contribution in [-0.4, -0.2) is 19.3 Å². The maximum Gasteiger partial charge on any atom is 0.130 e. The van der Waals surface area contributed by atoms with Crippen LogP contribution in [0.1, 0.15) is 17.2 Å². The van der Waals surface area contributed by atoms with Crippen molar-refractivity contribution in [2.24, 2.45) is 0 Å². The van der Waals surface area contributed by atoms with E-state index in [-0.39, 0.29) is 10.6 Å². The summed E-state index contributed by atoms with van der Waals surface area (Å²) in [5.41, 5.74) is 0.618. The molecule has 0 aromatic heterocycles. The summed E-state index contributed by atoms with van der Waals surface area (Å²) in [6.07, 6.45) is -1.13. The summed E-state index contributed by atoms with van der Waals surface area (Å²) >= 11 is 5.70. The lowest BCUT2D eigenvalue weighted by atomic mass is 10.0. The maximum absolute atomic E-state index is 13.8. The summed E-state index contributed by atoms with van der Waals surface area (Å²) < 4.78 is 24.1. The van der Waals surface area contributed by atoms with E-state index in [9.17, 15) is 9.50 Å². The summed E-state index contributed by atoms with van der Waals surface area (Å²) in [7, 11) is 3.02. The molecule has 0 aliphatic carbocycles. The Morgan fingerprint density at radius 1 is 1.05 bits per heavy atom. The van der Waals surface area contributed by atoms with E-state index in [1.54, 1.807) is 18.2 Å². The average molecular weight is 297 g/mol. The number of benzene rings is 2. The molecule has 3 nitrogen and oxygen atoms in total. The lowest BCUT2D eigenvalue weighted by molar-refractivity contribution is 0.214. The number of aliphatic hydroxyl groups excluding tert-OH is 1. The predicted octanol–water partition coefficient (Wildman–Crippen LogP) is 3.58. The maximum atomic E-state index is 13.8. The number of hydrogen-bond acceptors (Lipinski definition) is 3. The third-order valence-electron chi connectivity index (χ3n) is 2.95. The van der Waals surface area contributed by atoms with Gasteiger partial charge in [0.15, 0.2) is 0 Å². The Bertz CT molecular complexity index is 594. The molecule has 0 saturated heterocycles. The average Bonchev–Trinajstić information content (AvgIpc) is 2.46. The molecule has 1 N–H and O–H groups in total. The van der Waals surface area contributed by atoms with Gasteiger partial charge < -0.3 is 14.6 Å². The van der Waals surface area contributed by atoms with Crippen LogP contribution in [0.3, 0.4) is 0 Å². The Balaban J connectivity index is 2.44. The van der Waals surface area contributed by atoms with Crippen molar-refractivity contribution < 1.29 is 19.0 Å². The summed E-state index contributed by atoms with van der Waals surface area (Å²) in [5.74, 6) is 0.479. The molecule has 1 unspecified atom stereocenters. The zero-order valence-corrected chi connectivity index (χ0v) is 11.8. The lowest BCUT2D eigenvalue weighted by Crippen LogP contribution is -2.03. The largest absolute Gasteiger partial charge is 0.497 e. The molecule has 2 rings (SSSR count). The molecule has 0 radical (unpaired) electrons. The van der Waals surface area contributed by atoms with E-state index < -0.39 is 11.9 Å². The van der Waals surface area contributed by atoms with Gasteiger partial charge in [0.25, 0.3) is 0 Å². The van der Waals surface area contributed by atoms with Crippen molar-refractivity contribution in [3.63, 3.8) is 0 Å². The highest BCUT2D eigenvalue weighted by molar-refractivity contribution is 6.30. The molecule has 106 valence electrons. The number of rotatable bonds is 4. The van der Waals surface area contributed by atoms with Gasteiger partial charge in [-0.3, -0.25) is 0 Å². The third-order valence-corrected chi connectivity index (χ3v) is 3.18. The lowest BCUT2D eigenvalue weighted by Gasteiger charge is -2.15. The van der Waals surface area contributed by atoms with Crippen LogP contribution in [0.2, 0.25) is 5.02 Å². The highest BCUT2D eigenvalue weighted by atomic mass is 35.5. The van der Waals surface area contributed by atoms with Crippen LogP contribution in [-0.2, 0) is 0 Å². The number of hydrogen-bond donors (Lipinski definition) is 1. The van der Waals surface area contributed by atoms with E-state index in [4.69, 9.17) is 21.1 Å². The number of ether oxygens (including phenoxy) is 2. The van der Waals surface area contributed by atoms with E-state index in [0.717, 1.165) is 6.07 Å². The Labute approximate surface area is 121 Å². The summed E-state index contributed by atoms with van der Waals surface area (Å²) in [6.45, 7) is 0. The molecular weight excluding hydrogens is 283 g/mol. The highest BCUT2D eigenvalue weighted by Crippen LogP contribution is 2.31. The normalized spacial score (nSPS) is 12.1. The topological polar surface area (TPSA) is 38.7 Å². The van der Waals surface area contributed by atoms with Crippen LogP contribution in [0.15, 0.2) is 36.4 Å². The minimum Gasteiger partial charge on any atom is -0.497 e. The van der Waals surface area contributed by atoms with Gasteiger partial charge in [0, 0.05) is 16.7 Å². The van der Waals surface area contributed by atoms with Gasteiger partial charge in [-0.25, -0.2) is 4.39 Å². The van der Waals surface area contributed by atoms with Crippen molar-refractivity contribution in [1.82, 2.24) is 0 Å². The number of methoxy groups -OCH3 is 2. The summed E-state index contributed by atoms with van der Waals surface area (Å²) in [5, 5.41) is 10.6. The first-order valence-electron chi connectivity index (χ1n) is 5.91. The van der Waals surface area contributed by atoms with E-state index in [1.165, 1.54) is 26.4 Å². The Morgan fingerprint density at radius 2 is 1.65 bits per heavy atom. The molecule has 1 atom stereocenters. The summed E-state index contributed by atoms with van der Waals surface area (Å²) in [6, 6.07) is 9.07. The van der Waals surface area contributed by atoms with E-state index in [0.29, 0.717) is 17.1 Å². The number of aliphatic hydroxyl groups is 1. The Morgan fingerprint density at radius 3 is 2.15 bits per heavy atom. The molecule has 0 aliphatic rings. The van der Waals surface area contributed by atoms with Crippen LogP contribution in [0.4, 0.5) is 4.39 Å². The minimum atomic E-state index is -1.13. The van der Waals surface area contributed by atoms with E-state index in [1.807, 2.05) is 0 Å². The monoisotopic (exact) mass is 296 g/mol. The predicted molar refractivity (Wildman–Crippen MR) is 75.0 cm³/mol. The molecule has 0 saturated carbocycles. The van der Waals surface area contributed by atoms with Crippen molar-refractivity contribution in [2.75, 3.05) is 14.2 Å². The zero-order chi connectivity index (χ0) is 14.7. The fraction of sp³-hybridized carbons (Fsp3) is 0.200. The van der Waals surface area contributed by atoms with Crippen LogP contribution >= 0.6 is 11.6 Å². The molecule has 0 fully saturated rings. The minimum absolute atomic E-state index is 0.143. The molecule has 2 aromatic rings. The second-order valence-electron chi connectivity index (χ2n) is 4.21. The Kier molecular flexibility index (Phi) is 4.47. The fourth-order valence-corrected chi connectivity index (χ4v) is 2.05. The van der Waals surface area contributed by atoms with Gasteiger partial charge in [0.05, 0.1) is 14.2 Å². The highest BCUT2D eigenvalue weighted by Gasteiger charge is 2.17. The first-order chi connectivity index (χ1) is 9.55. The van der Waals surface area contributed by atoms with Crippen molar-refractivity contribution in [1.29, 1.82) is 0 Å². The van der Waals surface area contributed by atoms with Gasteiger partial charge in [-0.05, 0) is 29.8 Å². The van der Waals surface area contributed by atoms with Gasteiger partial charge in [-0.2, -0.15) is 0 Å².